The smallest absolute Gasteiger partial charge is 0.326 e. The number of carboxylic acids is 1. The molecule has 0 aliphatic carbocycles. The van der Waals surface area contributed by atoms with E-state index in [0.29, 0.717) is 36.8 Å². The van der Waals surface area contributed by atoms with Crippen molar-refractivity contribution < 1.29 is 24.2 Å². The number of ether oxygens (including phenoxy) is 2. The second-order valence-corrected chi connectivity index (χ2v) is 13.9. The second-order valence-electron chi connectivity index (χ2n) is 13.5. The van der Waals surface area contributed by atoms with E-state index in [1.54, 1.807) is 18.1 Å². The largest absolute Gasteiger partial charge is 0.496 e. The first-order valence-corrected chi connectivity index (χ1v) is 15.0. The number of para-hydroxylation sites is 1. The predicted octanol–water partition coefficient (Wildman–Crippen LogP) is 5.78. The Labute approximate surface area is 255 Å². The van der Waals surface area contributed by atoms with Crippen LogP contribution in [0.1, 0.15) is 64.6 Å². The summed E-state index contributed by atoms with van der Waals surface area (Å²) in [5.41, 5.74) is 1.81. The fourth-order valence-electron chi connectivity index (χ4n) is 6.96. The third-order valence-electron chi connectivity index (χ3n) is 8.73. The number of carbonyl (C=O) groups is 2. The van der Waals surface area contributed by atoms with Gasteiger partial charge in [0.25, 0.3) is 0 Å². The van der Waals surface area contributed by atoms with E-state index in [1.165, 1.54) is 0 Å². The van der Waals surface area contributed by atoms with Crippen molar-refractivity contribution >= 4 is 29.2 Å². The Hall–Kier alpha value is -2.81. The Balaban J connectivity index is 1.89. The lowest BCUT2D eigenvalue weighted by atomic mass is 9.72. The van der Waals surface area contributed by atoms with Gasteiger partial charge in [0.05, 0.1) is 18.8 Å². The zero-order valence-electron chi connectivity index (χ0n) is 26.1. The molecule has 42 heavy (non-hydrogen) atoms. The molecule has 5 atom stereocenters. The number of halogens is 1. The Morgan fingerprint density at radius 1 is 1.19 bits per heavy atom. The third kappa shape index (κ3) is 6.56. The van der Waals surface area contributed by atoms with Gasteiger partial charge in [0.1, 0.15) is 11.8 Å². The molecule has 2 aromatic rings. The van der Waals surface area contributed by atoms with Crippen LogP contribution in [0.25, 0.3) is 0 Å². The Morgan fingerprint density at radius 2 is 1.88 bits per heavy atom. The summed E-state index contributed by atoms with van der Waals surface area (Å²) in [6.45, 7) is 11.0. The SMILES string of the molecule is COc1ccc(Cl)cc1CNC1C(c2ccccc2N(C)C)N(C(=O)C2CCOC(C)(C)C2)C(C(=O)O)C1C(C)(C)C. The third-order valence-corrected chi connectivity index (χ3v) is 8.96. The Morgan fingerprint density at radius 3 is 2.48 bits per heavy atom. The van der Waals surface area contributed by atoms with E-state index in [2.05, 4.69) is 26.1 Å². The highest BCUT2D eigenvalue weighted by atomic mass is 35.5. The van der Waals surface area contributed by atoms with Crippen molar-refractivity contribution in [3.63, 3.8) is 0 Å². The molecule has 4 rings (SSSR count). The lowest BCUT2D eigenvalue weighted by Crippen LogP contribution is -2.51. The first-order chi connectivity index (χ1) is 19.7. The summed E-state index contributed by atoms with van der Waals surface area (Å²) in [4.78, 5) is 31.6. The summed E-state index contributed by atoms with van der Waals surface area (Å²) in [6, 6.07) is 11.5. The molecule has 0 aromatic heterocycles. The quantitative estimate of drug-likeness (QED) is 0.398. The molecule has 9 heteroatoms. The number of carboxylic acid groups (broad SMARTS) is 1. The van der Waals surface area contributed by atoms with E-state index in [4.69, 9.17) is 21.1 Å². The van der Waals surface area contributed by atoms with E-state index in [1.807, 2.05) is 69.2 Å². The maximum Gasteiger partial charge on any atom is 0.326 e. The summed E-state index contributed by atoms with van der Waals surface area (Å²) < 4.78 is 11.5. The van der Waals surface area contributed by atoms with Crippen LogP contribution in [-0.2, 0) is 20.9 Å². The van der Waals surface area contributed by atoms with Gasteiger partial charge in [-0.05, 0) is 61.9 Å². The predicted molar refractivity (Wildman–Crippen MR) is 166 cm³/mol. The van der Waals surface area contributed by atoms with Gasteiger partial charge in [-0.2, -0.15) is 0 Å². The first-order valence-electron chi connectivity index (χ1n) is 14.7. The molecule has 2 saturated heterocycles. The minimum absolute atomic E-state index is 0.128. The van der Waals surface area contributed by atoms with E-state index in [0.717, 1.165) is 16.8 Å². The summed E-state index contributed by atoms with van der Waals surface area (Å²) in [5.74, 6) is -1.17. The number of aliphatic carboxylic acids is 1. The van der Waals surface area contributed by atoms with Crippen LogP contribution in [0.3, 0.4) is 0 Å². The van der Waals surface area contributed by atoms with Crippen LogP contribution in [0, 0.1) is 17.3 Å². The van der Waals surface area contributed by atoms with Crippen LogP contribution in [0.5, 0.6) is 5.75 Å². The molecule has 0 radical (unpaired) electrons. The van der Waals surface area contributed by atoms with Crippen molar-refractivity contribution in [2.75, 3.05) is 32.7 Å². The molecule has 0 bridgehead atoms. The average Bonchev–Trinajstić information content (AvgIpc) is 3.27. The van der Waals surface area contributed by atoms with Crippen LogP contribution >= 0.6 is 11.6 Å². The fourth-order valence-corrected chi connectivity index (χ4v) is 7.16. The van der Waals surface area contributed by atoms with E-state index in [9.17, 15) is 14.7 Å². The number of hydrogen-bond donors (Lipinski definition) is 2. The second kappa shape index (κ2) is 12.4. The molecule has 1 amide bonds. The summed E-state index contributed by atoms with van der Waals surface area (Å²) in [7, 11) is 5.55. The number of nitrogens with zero attached hydrogens (tertiary/aromatic N) is 2. The van der Waals surface area contributed by atoms with Gasteiger partial charge in [0.2, 0.25) is 5.91 Å². The monoisotopic (exact) mass is 599 g/mol. The van der Waals surface area contributed by atoms with Gasteiger partial charge in [-0.25, -0.2) is 4.79 Å². The van der Waals surface area contributed by atoms with Crippen LogP contribution in [-0.4, -0.2) is 67.4 Å². The van der Waals surface area contributed by atoms with E-state index in [-0.39, 0.29) is 17.9 Å². The lowest BCUT2D eigenvalue weighted by molar-refractivity contribution is -0.158. The van der Waals surface area contributed by atoms with Crippen molar-refractivity contribution in [2.45, 2.75) is 77.7 Å². The highest BCUT2D eigenvalue weighted by Crippen LogP contribution is 2.51. The molecule has 2 fully saturated rings. The molecule has 8 nitrogen and oxygen atoms in total. The van der Waals surface area contributed by atoms with Crippen molar-refractivity contribution in [3.8, 4) is 5.75 Å². The summed E-state index contributed by atoms with van der Waals surface area (Å²) in [5, 5.41) is 15.1. The van der Waals surface area contributed by atoms with Crippen LogP contribution < -0.4 is 15.0 Å². The van der Waals surface area contributed by atoms with Gasteiger partial charge in [0.15, 0.2) is 0 Å². The minimum atomic E-state index is -1.03. The van der Waals surface area contributed by atoms with Crippen molar-refractivity contribution in [3.05, 3.63) is 58.6 Å². The molecule has 5 unspecified atom stereocenters. The fraction of sp³-hybridized carbons (Fsp3) is 0.576. The van der Waals surface area contributed by atoms with Gasteiger partial charge >= 0.3 is 5.97 Å². The minimum Gasteiger partial charge on any atom is -0.496 e. The molecular weight excluding hydrogens is 554 g/mol. The first kappa shape index (κ1) is 32.1. The number of likely N-dealkylation sites (tertiary alicyclic amines) is 1. The molecule has 0 saturated carbocycles. The van der Waals surface area contributed by atoms with Gasteiger partial charge in [-0.1, -0.05) is 50.6 Å². The number of hydrogen-bond acceptors (Lipinski definition) is 6. The van der Waals surface area contributed by atoms with Crippen LogP contribution in [0.15, 0.2) is 42.5 Å². The average molecular weight is 600 g/mol. The highest BCUT2D eigenvalue weighted by Gasteiger charge is 2.59. The summed E-state index contributed by atoms with van der Waals surface area (Å²) >= 11 is 6.36. The standard InChI is InChI=1S/C33H46ClN3O5/c1-32(2,3)26-27(35-19-21-17-22(34)13-14-25(21)41-8)28(23-11-9-10-12-24(23)36(6)7)37(29(26)31(39)40)30(38)20-15-16-42-33(4,5)18-20/h9-14,17,20,26-29,35H,15-16,18-19H2,1-8H3,(H,39,40). The zero-order chi connectivity index (χ0) is 31.0. The Kier molecular flexibility index (Phi) is 9.50. The van der Waals surface area contributed by atoms with Gasteiger partial charge in [0, 0.05) is 61.4 Å². The van der Waals surface area contributed by atoms with Crippen molar-refractivity contribution in [2.24, 2.45) is 17.3 Å². The number of carbonyl (C=O) groups excluding carboxylic acids is 1. The molecule has 230 valence electrons. The highest BCUT2D eigenvalue weighted by molar-refractivity contribution is 6.30. The molecular formula is C33H46ClN3O5. The van der Waals surface area contributed by atoms with Crippen molar-refractivity contribution in [1.29, 1.82) is 0 Å². The van der Waals surface area contributed by atoms with Crippen LogP contribution in [0.2, 0.25) is 5.02 Å². The van der Waals surface area contributed by atoms with Gasteiger partial charge < -0.3 is 29.7 Å². The number of benzene rings is 2. The number of methoxy groups -OCH3 is 1. The maximum absolute atomic E-state index is 14.6. The number of amides is 1. The number of nitrogens with one attached hydrogen (secondary N) is 1. The molecule has 2 aromatic carbocycles. The number of anilines is 1. The zero-order valence-corrected chi connectivity index (χ0v) is 26.9. The Bertz CT molecular complexity index is 1290. The molecule has 2 aliphatic heterocycles. The number of rotatable bonds is 8. The lowest BCUT2D eigenvalue weighted by Gasteiger charge is -2.40. The van der Waals surface area contributed by atoms with Gasteiger partial charge in [-0.15, -0.1) is 0 Å². The molecule has 2 heterocycles. The topological polar surface area (TPSA) is 91.3 Å². The van der Waals surface area contributed by atoms with Crippen LogP contribution in [0.4, 0.5) is 5.69 Å². The normalized spacial score (nSPS) is 25.7. The molecule has 2 aliphatic rings. The van der Waals surface area contributed by atoms with E-state index >= 15 is 0 Å². The van der Waals surface area contributed by atoms with E-state index < -0.39 is 35.0 Å². The summed E-state index contributed by atoms with van der Waals surface area (Å²) in [6.07, 6.45) is 1.10. The molecule has 2 N–H and O–H groups in total. The van der Waals surface area contributed by atoms with Gasteiger partial charge in [-0.3, -0.25) is 4.79 Å². The molecule has 0 spiro atoms. The van der Waals surface area contributed by atoms with Crippen molar-refractivity contribution in [1.82, 2.24) is 10.2 Å². The maximum atomic E-state index is 14.6.